The van der Waals surface area contributed by atoms with Crippen molar-refractivity contribution in [2.75, 3.05) is 0 Å². The molecule has 0 aromatic heterocycles. The summed E-state index contributed by atoms with van der Waals surface area (Å²) in [5.74, 6) is 0. The summed E-state index contributed by atoms with van der Waals surface area (Å²) in [7, 11) is 0. The molecular weight excluding hydrogens is 126 g/mol. The first-order valence-electron chi connectivity index (χ1n) is 0.773. The van der Waals surface area contributed by atoms with Crippen LogP contribution in [0.4, 0.5) is 0 Å². The first-order valence-corrected chi connectivity index (χ1v) is 2.05. The normalized spacial score (nSPS) is 3.33. The van der Waals surface area contributed by atoms with Crippen molar-refractivity contribution in [3.05, 3.63) is 10.1 Å². The molecule has 0 aromatic rings. The number of rotatable bonds is 0. The quantitative estimate of drug-likeness (QED) is 0.259. The Balaban J connectivity index is 0. The molecule has 0 fully saturated rings. The van der Waals surface area contributed by atoms with Gasteiger partial charge in [0.2, 0.25) is 0 Å². The van der Waals surface area contributed by atoms with Crippen LogP contribution in [0.5, 0.6) is 0 Å². The van der Waals surface area contributed by atoms with E-state index in [0.29, 0.717) is 0 Å². The minimum absolute atomic E-state index is 1.00. The summed E-state index contributed by atoms with van der Waals surface area (Å²) in [5.41, 5.74) is 0. The van der Waals surface area contributed by atoms with Crippen molar-refractivity contribution < 1.29 is 25.7 Å². The number of nitrogens with zero attached hydrogens (tertiary/aromatic N) is 1. The molecule has 0 spiro atoms. The molecular formula is NO4Ti-. The first-order chi connectivity index (χ1) is 2.83. The second-order valence-corrected chi connectivity index (χ2v) is 0.418. The third kappa shape index (κ3) is 335. The molecule has 0 aliphatic carbocycles. The summed E-state index contributed by atoms with van der Waals surface area (Å²) in [6, 6.07) is 0. The van der Waals surface area contributed by atoms with Gasteiger partial charge in [0.1, 0.15) is 0 Å². The van der Waals surface area contributed by atoms with Crippen LogP contribution >= 0.6 is 0 Å². The van der Waals surface area contributed by atoms with Gasteiger partial charge in [0, 0.05) is 0 Å². The zero-order chi connectivity index (χ0) is 5.41. The van der Waals surface area contributed by atoms with Crippen LogP contribution < -0.4 is 0 Å². The van der Waals surface area contributed by atoms with E-state index in [1.165, 1.54) is 0 Å². The topological polar surface area (TPSA) is 86.6 Å². The van der Waals surface area contributed by atoms with Crippen molar-refractivity contribution in [2.24, 2.45) is 5.34 Å². The van der Waals surface area contributed by atoms with E-state index in [-0.39, 0.29) is 0 Å². The molecule has 0 saturated carbocycles. The molecule has 0 radical (unpaired) electrons. The Kier molecular flexibility index (Phi) is 34.0. The Morgan fingerprint density at radius 1 is 1.50 bits per heavy atom. The summed E-state index contributed by atoms with van der Waals surface area (Å²) in [4.78, 5) is 8.00. The Morgan fingerprint density at radius 2 is 1.50 bits per heavy atom. The fourth-order valence-electron chi connectivity index (χ4n) is 0. The average Bonchev–Trinajstić information content (AvgIpc) is 1.39. The van der Waals surface area contributed by atoms with Gasteiger partial charge < -0.3 is 10.1 Å². The van der Waals surface area contributed by atoms with Crippen molar-refractivity contribution in [3.8, 4) is 0 Å². The zero-order valence-electron chi connectivity index (χ0n) is 2.58. The molecule has 34 valence electrons. The van der Waals surface area contributed by atoms with E-state index >= 15 is 0 Å². The van der Waals surface area contributed by atoms with Crippen molar-refractivity contribution >= 4 is 0 Å². The van der Waals surface area contributed by atoms with Crippen LogP contribution in [0.25, 0.3) is 0 Å². The number of hydrogen-bond donors (Lipinski definition) is 0. The summed E-state index contributed by atoms with van der Waals surface area (Å²) < 4.78 is 17.0. The van der Waals surface area contributed by atoms with Gasteiger partial charge in [-0.25, -0.2) is 0 Å². The summed E-state index contributed by atoms with van der Waals surface area (Å²) in [6.07, 6.45) is 0. The van der Waals surface area contributed by atoms with Gasteiger partial charge in [-0.3, -0.25) is 0 Å². The minimum atomic E-state index is -2.00. The summed E-state index contributed by atoms with van der Waals surface area (Å²) >= 11 is -2.00. The van der Waals surface area contributed by atoms with E-state index in [2.05, 4.69) is 0 Å². The van der Waals surface area contributed by atoms with E-state index in [1.807, 2.05) is 0 Å². The predicted octanol–water partition coefficient (Wildman–Crippen LogP) is 0.0105. The zero-order valence-corrected chi connectivity index (χ0v) is 4.14. The molecule has 0 aromatic carbocycles. The molecule has 0 amide bonds. The monoisotopic (exact) mass is 126 g/mol. The molecule has 6 heavy (non-hydrogen) atoms. The van der Waals surface area contributed by atoms with E-state index in [4.69, 9.17) is 16.8 Å². The van der Waals surface area contributed by atoms with Gasteiger partial charge in [-0.05, 0) is 0 Å². The van der Waals surface area contributed by atoms with E-state index < -0.39 is 19.1 Å². The van der Waals surface area contributed by atoms with Crippen LogP contribution in [0.2, 0.25) is 0 Å². The van der Waals surface area contributed by atoms with Gasteiger partial charge in [0.25, 0.3) is 0 Å². The van der Waals surface area contributed by atoms with Crippen LogP contribution in [0.1, 0.15) is 0 Å². The molecule has 0 aliphatic heterocycles. The Morgan fingerprint density at radius 3 is 1.50 bits per heavy atom. The average molecular weight is 126 g/mol. The van der Waals surface area contributed by atoms with E-state index in [1.54, 1.807) is 0 Å². The van der Waals surface area contributed by atoms with Gasteiger partial charge in [-0.1, -0.05) is 0 Å². The molecule has 0 rings (SSSR count). The molecule has 5 nitrogen and oxygen atoms in total. The van der Waals surface area contributed by atoms with Gasteiger partial charge >= 0.3 is 25.7 Å². The molecule has 0 saturated heterocycles. The maximum absolute atomic E-state index is 8.50. The predicted molar refractivity (Wildman–Crippen MR) is 10.5 cm³/mol. The van der Waals surface area contributed by atoms with E-state index in [9.17, 15) is 0 Å². The Bertz CT molecular complexity index is 52.6. The second kappa shape index (κ2) is 22.1. The molecule has 6 heteroatoms. The Hall–Kier alpha value is -0.286. The maximum atomic E-state index is 8.50. The molecule has 0 aliphatic rings. The fraction of sp³-hybridized carbons (Fsp3) is 0. The van der Waals surface area contributed by atoms with E-state index in [0.717, 1.165) is 5.34 Å². The van der Waals surface area contributed by atoms with Crippen molar-refractivity contribution in [3.63, 3.8) is 0 Å². The molecule has 0 atom stereocenters. The number of hydrogen-bond acceptors (Lipinski definition) is 5. The van der Waals surface area contributed by atoms with Crippen molar-refractivity contribution in [1.29, 1.82) is 0 Å². The first kappa shape index (κ1) is 9.21. The van der Waals surface area contributed by atoms with Crippen LogP contribution in [-0.4, -0.2) is 0 Å². The van der Waals surface area contributed by atoms with Gasteiger partial charge in [-0.15, -0.1) is 5.34 Å². The molecule has 0 N–H and O–H groups in total. The standard InChI is InChI=1S/HNO2.2O.Ti/c2-1-3;;;/h(H,2,3);;;/p-1. The Labute approximate surface area is 41.9 Å². The fourth-order valence-corrected chi connectivity index (χ4v) is 0. The third-order valence-electron chi connectivity index (χ3n) is 0. The summed E-state index contributed by atoms with van der Waals surface area (Å²) in [5, 5.41) is 9.00. The second-order valence-electron chi connectivity index (χ2n) is 0.158. The van der Waals surface area contributed by atoms with Crippen LogP contribution in [0.15, 0.2) is 5.34 Å². The molecule has 0 heterocycles. The van der Waals surface area contributed by atoms with Crippen molar-refractivity contribution in [1.82, 2.24) is 0 Å². The van der Waals surface area contributed by atoms with Crippen molar-refractivity contribution in [2.45, 2.75) is 0 Å². The molecule has 0 bridgehead atoms. The third-order valence-corrected chi connectivity index (χ3v) is 0. The van der Waals surface area contributed by atoms with Crippen LogP contribution in [-0.2, 0) is 25.7 Å². The van der Waals surface area contributed by atoms with Crippen LogP contribution in [0.3, 0.4) is 0 Å². The van der Waals surface area contributed by atoms with Gasteiger partial charge in [0.15, 0.2) is 0 Å². The van der Waals surface area contributed by atoms with Gasteiger partial charge in [0.05, 0.1) is 0 Å². The SMILES string of the molecule is O=N[O-].[O]=[Ti]=[O]. The summed E-state index contributed by atoms with van der Waals surface area (Å²) in [6.45, 7) is 0. The van der Waals surface area contributed by atoms with Crippen LogP contribution in [0, 0.1) is 10.1 Å². The molecule has 0 unspecified atom stereocenters. The van der Waals surface area contributed by atoms with Gasteiger partial charge in [-0.2, -0.15) is 0 Å².